The number of anilines is 1. The van der Waals surface area contributed by atoms with Crippen LogP contribution in [-0.4, -0.2) is 31.9 Å². The molecule has 1 aliphatic rings. The summed E-state index contributed by atoms with van der Waals surface area (Å²) < 4.78 is 4.79. The molecule has 0 amide bonds. The van der Waals surface area contributed by atoms with Crippen LogP contribution < -0.4 is 4.90 Å². The van der Waals surface area contributed by atoms with Gasteiger partial charge in [0.25, 0.3) is 0 Å². The van der Waals surface area contributed by atoms with E-state index >= 15 is 0 Å². The summed E-state index contributed by atoms with van der Waals surface area (Å²) in [6.07, 6.45) is 2.93. The van der Waals surface area contributed by atoms with Crippen LogP contribution in [-0.2, 0) is 9.53 Å². The quantitative estimate of drug-likeness (QED) is 0.595. The number of hydrogen-bond donors (Lipinski definition) is 0. The molecule has 1 atom stereocenters. The van der Waals surface area contributed by atoms with Crippen LogP contribution in [0, 0.1) is 0 Å². The topological polar surface area (TPSA) is 29.5 Å². The van der Waals surface area contributed by atoms with E-state index in [2.05, 4.69) is 17.0 Å². The zero-order chi connectivity index (χ0) is 11.5. The minimum Gasteiger partial charge on any atom is -0.467 e. The number of para-hydroxylation sites is 1. The summed E-state index contributed by atoms with van der Waals surface area (Å²) in [4.78, 5) is 14.8. The summed E-state index contributed by atoms with van der Waals surface area (Å²) in [5.41, 5.74) is 1.14. The van der Waals surface area contributed by atoms with Crippen molar-refractivity contribution >= 4 is 23.4 Å². The molecule has 16 heavy (non-hydrogen) atoms. The van der Waals surface area contributed by atoms with Crippen molar-refractivity contribution in [1.82, 2.24) is 0 Å². The van der Waals surface area contributed by atoms with Gasteiger partial charge in [-0.3, -0.25) is 0 Å². The first-order valence-corrected chi connectivity index (χ1v) is 6.48. The second-order valence-electron chi connectivity index (χ2n) is 3.69. The summed E-state index contributed by atoms with van der Waals surface area (Å²) in [6.45, 7) is 0.928. The Morgan fingerprint density at radius 3 is 2.81 bits per heavy atom. The first-order chi connectivity index (χ1) is 7.77. The van der Waals surface area contributed by atoms with Gasteiger partial charge >= 0.3 is 5.97 Å². The van der Waals surface area contributed by atoms with Crippen molar-refractivity contribution in [3.8, 4) is 0 Å². The predicted molar refractivity (Wildman–Crippen MR) is 66.0 cm³/mol. The Labute approximate surface area is 99.8 Å². The van der Waals surface area contributed by atoms with Gasteiger partial charge < -0.3 is 9.64 Å². The van der Waals surface area contributed by atoms with Gasteiger partial charge in [-0.1, -0.05) is 12.1 Å². The molecule has 1 heterocycles. The van der Waals surface area contributed by atoms with Crippen LogP contribution in [0.2, 0.25) is 0 Å². The third-order valence-corrected chi connectivity index (χ3v) is 3.67. The van der Waals surface area contributed by atoms with Crippen molar-refractivity contribution in [2.75, 3.05) is 24.8 Å². The van der Waals surface area contributed by atoms with Crippen molar-refractivity contribution in [2.45, 2.75) is 17.4 Å². The Morgan fingerprint density at radius 2 is 2.25 bits per heavy atom. The monoisotopic (exact) mass is 237 g/mol. The van der Waals surface area contributed by atoms with Crippen molar-refractivity contribution in [3.05, 3.63) is 24.3 Å². The zero-order valence-corrected chi connectivity index (χ0v) is 10.3. The molecule has 1 unspecified atom stereocenters. The Morgan fingerprint density at radius 1 is 1.50 bits per heavy atom. The minimum atomic E-state index is -0.137. The number of hydrogen-bond acceptors (Lipinski definition) is 4. The number of benzene rings is 1. The second kappa shape index (κ2) is 4.78. The molecule has 0 aromatic heterocycles. The van der Waals surface area contributed by atoms with E-state index in [4.69, 9.17) is 4.74 Å². The van der Waals surface area contributed by atoms with E-state index in [1.54, 1.807) is 11.8 Å². The van der Waals surface area contributed by atoms with Crippen molar-refractivity contribution in [3.63, 3.8) is 0 Å². The molecule has 2 rings (SSSR count). The number of thioether (sulfide) groups is 1. The standard InChI is InChI=1S/C12H15NO2S/c1-15-12(14)10-7-8-13(10)9-5-3-4-6-11(9)16-2/h3-6,10H,7-8H2,1-2H3. The van der Waals surface area contributed by atoms with Gasteiger partial charge in [-0.15, -0.1) is 11.8 Å². The molecule has 0 saturated carbocycles. The lowest BCUT2D eigenvalue weighted by molar-refractivity contribution is -0.143. The predicted octanol–water partition coefficient (Wildman–Crippen LogP) is 2.16. The van der Waals surface area contributed by atoms with Crippen LogP contribution in [0.4, 0.5) is 5.69 Å². The lowest BCUT2D eigenvalue weighted by Crippen LogP contribution is -2.53. The lowest BCUT2D eigenvalue weighted by atomic mass is 10.0. The van der Waals surface area contributed by atoms with E-state index in [1.165, 1.54) is 12.0 Å². The Kier molecular flexibility index (Phi) is 3.39. The maximum absolute atomic E-state index is 11.5. The van der Waals surface area contributed by atoms with E-state index in [0.29, 0.717) is 0 Å². The molecule has 1 fully saturated rings. The summed E-state index contributed by atoms with van der Waals surface area (Å²) >= 11 is 1.70. The van der Waals surface area contributed by atoms with E-state index < -0.39 is 0 Å². The van der Waals surface area contributed by atoms with Gasteiger partial charge in [-0.25, -0.2) is 4.79 Å². The molecule has 0 bridgehead atoms. The molecular weight excluding hydrogens is 222 g/mol. The first kappa shape index (κ1) is 11.3. The maximum Gasteiger partial charge on any atom is 0.328 e. The van der Waals surface area contributed by atoms with E-state index in [1.807, 2.05) is 18.4 Å². The average Bonchev–Trinajstić information content (AvgIpc) is 2.28. The highest BCUT2D eigenvalue weighted by atomic mass is 32.2. The molecule has 1 saturated heterocycles. The van der Waals surface area contributed by atoms with Gasteiger partial charge in [0.2, 0.25) is 0 Å². The van der Waals surface area contributed by atoms with Crippen LogP contribution in [0.5, 0.6) is 0 Å². The first-order valence-electron chi connectivity index (χ1n) is 5.25. The fraction of sp³-hybridized carbons (Fsp3) is 0.417. The molecule has 3 nitrogen and oxygen atoms in total. The molecule has 86 valence electrons. The van der Waals surface area contributed by atoms with Crippen LogP contribution in [0.3, 0.4) is 0 Å². The van der Waals surface area contributed by atoms with Crippen LogP contribution in [0.15, 0.2) is 29.2 Å². The number of esters is 1. The highest BCUT2D eigenvalue weighted by Gasteiger charge is 2.35. The number of methoxy groups -OCH3 is 1. The SMILES string of the molecule is COC(=O)C1CCN1c1ccccc1SC. The fourth-order valence-corrected chi connectivity index (χ4v) is 2.53. The molecular formula is C12H15NO2S. The Hall–Kier alpha value is -1.16. The minimum absolute atomic E-state index is 0.0988. The number of ether oxygens (including phenoxy) is 1. The largest absolute Gasteiger partial charge is 0.467 e. The molecule has 1 aliphatic heterocycles. The van der Waals surface area contributed by atoms with Crippen LogP contribution in [0.25, 0.3) is 0 Å². The average molecular weight is 237 g/mol. The van der Waals surface area contributed by atoms with Gasteiger partial charge in [0.1, 0.15) is 6.04 Å². The number of carbonyl (C=O) groups excluding carboxylic acids is 1. The van der Waals surface area contributed by atoms with Gasteiger partial charge in [0.15, 0.2) is 0 Å². The molecule has 0 N–H and O–H groups in total. The zero-order valence-electron chi connectivity index (χ0n) is 9.47. The fourth-order valence-electron chi connectivity index (χ4n) is 1.92. The Balaban J connectivity index is 2.21. The van der Waals surface area contributed by atoms with Crippen molar-refractivity contribution in [2.24, 2.45) is 0 Å². The van der Waals surface area contributed by atoms with Gasteiger partial charge in [-0.2, -0.15) is 0 Å². The highest BCUT2D eigenvalue weighted by Crippen LogP contribution is 2.34. The summed E-state index contributed by atoms with van der Waals surface area (Å²) in [5, 5.41) is 0. The van der Waals surface area contributed by atoms with Gasteiger partial charge in [0.05, 0.1) is 12.8 Å². The maximum atomic E-state index is 11.5. The summed E-state index contributed by atoms with van der Waals surface area (Å²) in [5.74, 6) is -0.137. The van der Waals surface area contributed by atoms with Crippen molar-refractivity contribution in [1.29, 1.82) is 0 Å². The second-order valence-corrected chi connectivity index (χ2v) is 4.54. The van der Waals surface area contributed by atoms with Crippen LogP contribution >= 0.6 is 11.8 Å². The number of carbonyl (C=O) groups is 1. The summed E-state index contributed by atoms with van der Waals surface area (Å²) in [7, 11) is 1.44. The molecule has 0 aliphatic carbocycles. The van der Waals surface area contributed by atoms with Gasteiger partial charge in [-0.05, 0) is 24.8 Å². The van der Waals surface area contributed by atoms with Gasteiger partial charge in [0, 0.05) is 11.4 Å². The smallest absolute Gasteiger partial charge is 0.328 e. The third-order valence-electron chi connectivity index (χ3n) is 2.89. The number of rotatable bonds is 3. The van der Waals surface area contributed by atoms with E-state index in [9.17, 15) is 4.79 Å². The molecule has 0 spiro atoms. The normalized spacial score (nSPS) is 19.1. The molecule has 0 radical (unpaired) electrons. The van der Waals surface area contributed by atoms with Crippen molar-refractivity contribution < 1.29 is 9.53 Å². The third kappa shape index (κ3) is 1.89. The van der Waals surface area contributed by atoms with E-state index in [0.717, 1.165) is 18.7 Å². The lowest BCUT2D eigenvalue weighted by Gasteiger charge is -2.41. The number of nitrogens with zero attached hydrogens (tertiary/aromatic N) is 1. The molecule has 4 heteroatoms. The Bertz CT molecular complexity index is 394. The summed E-state index contributed by atoms with van der Waals surface area (Å²) in [6, 6.07) is 8.05. The van der Waals surface area contributed by atoms with Crippen LogP contribution in [0.1, 0.15) is 6.42 Å². The van der Waals surface area contributed by atoms with E-state index in [-0.39, 0.29) is 12.0 Å². The molecule has 1 aromatic rings. The molecule has 1 aromatic carbocycles. The highest BCUT2D eigenvalue weighted by molar-refractivity contribution is 7.98.